The maximum atomic E-state index is 11.0. The van der Waals surface area contributed by atoms with Crippen molar-refractivity contribution in [3.63, 3.8) is 0 Å². The van der Waals surface area contributed by atoms with Gasteiger partial charge in [0, 0.05) is 43.3 Å². The normalized spacial score (nSPS) is 16.9. The van der Waals surface area contributed by atoms with Crippen LogP contribution < -0.4 is 0 Å². The van der Waals surface area contributed by atoms with E-state index in [1.54, 1.807) is 0 Å². The van der Waals surface area contributed by atoms with Gasteiger partial charge in [0.25, 0.3) is 0 Å². The number of hydrogen-bond donors (Lipinski definition) is 1. The van der Waals surface area contributed by atoms with Crippen LogP contribution >= 0.6 is 11.6 Å². The minimum Gasteiger partial charge on any atom is -0.478 e. The Labute approximate surface area is 123 Å². The van der Waals surface area contributed by atoms with Gasteiger partial charge in [-0.15, -0.1) is 0 Å². The predicted molar refractivity (Wildman–Crippen MR) is 75.9 cm³/mol. The number of carboxylic acids is 1. The van der Waals surface area contributed by atoms with Gasteiger partial charge in [-0.25, -0.2) is 4.79 Å². The van der Waals surface area contributed by atoms with Crippen molar-refractivity contribution < 1.29 is 9.90 Å². The molecule has 0 saturated carbocycles. The minimum atomic E-state index is -1.07. The van der Waals surface area contributed by atoms with E-state index in [0.717, 1.165) is 26.2 Å². The fourth-order valence-corrected chi connectivity index (χ4v) is 2.53. The molecular weight excluding hydrogens is 278 g/mol. The van der Waals surface area contributed by atoms with Crippen molar-refractivity contribution in [3.05, 3.63) is 33.8 Å². The highest BCUT2D eigenvalue weighted by molar-refractivity contribution is 6.31. The SMILES string of the molecule is CN1CCN(Cc2c(Cl)cc(C(=O)O)cc2C#N)CC1. The van der Waals surface area contributed by atoms with Crippen LogP contribution in [0.25, 0.3) is 0 Å². The van der Waals surface area contributed by atoms with E-state index < -0.39 is 5.97 Å². The molecule has 0 amide bonds. The summed E-state index contributed by atoms with van der Waals surface area (Å²) >= 11 is 6.15. The van der Waals surface area contributed by atoms with Crippen molar-refractivity contribution in [1.29, 1.82) is 5.26 Å². The minimum absolute atomic E-state index is 0.0497. The summed E-state index contributed by atoms with van der Waals surface area (Å²) in [7, 11) is 2.08. The van der Waals surface area contributed by atoms with Crippen LogP contribution in [0.5, 0.6) is 0 Å². The van der Waals surface area contributed by atoms with Crippen molar-refractivity contribution in [2.24, 2.45) is 0 Å². The number of rotatable bonds is 3. The van der Waals surface area contributed by atoms with Gasteiger partial charge in [-0.2, -0.15) is 5.26 Å². The summed E-state index contributed by atoms with van der Waals surface area (Å²) in [4.78, 5) is 15.4. The number of nitrogens with zero attached hydrogens (tertiary/aromatic N) is 3. The maximum Gasteiger partial charge on any atom is 0.335 e. The Kier molecular flexibility index (Phi) is 4.61. The van der Waals surface area contributed by atoms with Crippen molar-refractivity contribution in [1.82, 2.24) is 9.80 Å². The summed E-state index contributed by atoms with van der Waals surface area (Å²) in [5.41, 5.74) is 1.10. The molecule has 106 valence electrons. The molecule has 5 nitrogen and oxygen atoms in total. The van der Waals surface area contributed by atoms with E-state index in [0.29, 0.717) is 22.7 Å². The molecule has 6 heteroatoms. The number of nitriles is 1. The lowest BCUT2D eigenvalue weighted by Gasteiger charge is -2.32. The molecule has 0 bridgehead atoms. The topological polar surface area (TPSA) is 67.6 Å². The molecule has 1 aliphatic rings. The van der Waals surface area contributed by atoms with Gasteiger partial charge in [-0.1, -0.05) is 11.6 Å². The summed E-state index contributed by atoms with van der Waals surface area (Å²) in [6, 6.07) is 4.85. The van der Waals surface area contributed by atoms with Gasteiger partial charge in [-0.3, -0.25) is 4.90 Å². The Morgan fingerprint density at radius 1 is 1.40 bits per heavy atom. The lowest BCUT2D eigenvalue weighted by molar-refractivity contribution is 0.0697. The summed E-state index contributed by atoms with van der Waals surface area (Å²) in [5.74, 6) is -1.07. The lowest BCUT2D eigenvalue weighted by Crippen LogP contribution is -2.44. The summed E-state index contributed by atoms with van der Waals surface area (Å²) in [6.45, 7) is 4.37. The molecule has 0 aliphatic carbocycles. The molecule has 20 heavy (non-hydrogen) atoms. The van der Waals surface area contributed by atoms with Crippen LogP contribution in [0.1, 0.15) is 21.5 Å². The quantitative estimate of drug-likeness (QED) is 0.918. The Bertz CT molecular complexity index is 560. The van der Waals surface area contributed by atoms with Crippen LogP contribution in [-0.4, -0.2) is 54.1 Å². The highest BCUT2D eigenvalue weighted by Crippen LogP contribution is 2.24. The van der Waals surface area contributed by atoms with Crippen molar-refractivity contribution in [3.8, 4) is 6.07 Å². The van der Waals surface area contributed by atoms with Crippen LogP contribution in [0.15, 0.2) is 12.1 Å². The predicted octanol–water partition coefficient (Wildman–Crippen LogP) is 1.66. The zero-order chi connectivity index (χ0) is 14.7. The third-order valence-electron chi connectivity index (χ3n) is 3.54. The molecular formula is C14H16ClN3O2. The Hall–Kier alpha value is -1.61. The highest BCUT2D eigenvalue weighted by Gasteiger charge is 2.19. The number of carboxylic acid groups (broad SMARTS) is 1. The molecule has 1 fully saturated rings. The van der Waals surface area contributed by atoms with Gasteiger partial charge in [0.1, 0.15) is 0 Å². The fraction of sp³-hybridized carbons (Fsp3) is 0.429. The molecule has 1 aromatic rings. The van der Waals surface area contributed by atoms with Crippen LogP contribution in [0.4, 0.5) is 0 Å². The second kappa shape index (κ2) is 6.23. The molecule has 1 saturated heterocycles. The van der Waals surface area contributed by atoms with Gasteiger partial charge in [0.15, 0.2) is 0 Å². The molecule has 1 aliphatic heterocycles. The van der Waals surface area contributed by atoms with Crippen molar-refractivity contribution >= 4 is 17.6 Å². The van der Waals surface area contributed by atoms with E-state index in [2.05, 4.69) is 16.8 Å². The van der Waals surface area contributed by atoms with E-state index in [9.17, 15) is 10.1 Å². The van der Waals surface area contributed by atoms with Gasteiger partial charge in [0.05, 0.1) is 17.2 Å². The van der Waals surface area contributed by atoms with Gasteiger partial charge in [0.2, 0.25) is 0 Å². The molecule has 0 unspecified atom stereocenters. The zero-order valence-electron chi connectivity index (χ0n) is 11.3. The largest absolute Gasteiger partial charge is 0.478 e. The maximum absolute atomic E-state index is 11.0. The average molecular weight is 294 g/mol. The van der Waals surface area contributed by atoms with Gasteiger partial charge in [-0.05, 0) is 19.2 Å². The van der Waals surface area contributed by atoms with E-state index in [1.165, 1.54) is 12.1 Å². The molecule has 1 aromatic carbocycles. The highest BCUT2D eigenvalue weighted by atomic mass is 35.5. The number of piperazine rings is 1. The first-order chi connectivity index (χ1) is 9.51. The van der Waals surface area contributed by atoms with Crippen LogP contribution in [-0.2, 0) is 6.54 Å². The molecule has 0 atom stereocenters. The molecule has 1 N–H and O–H groups in total. The second-order valence-electron chi connectivity index (χ2n) is 4.98. The fourth-order valence-electron chi connectivity index (χ4n) is 2.25. The number of likely N-dealkylation sites (N-methyl/N-ethyl adjacent to an activating group) is 1. The van der Waals surface area contributed by atoms with Crippen LogP contribution in [0, 0.1) is 11.3 Å². The Morgan fingerprint density at radius 3 is 2.60 bits per heavy atom. The number of halogens is 1. The molecule has 2 rings (SSSR count). The standard InChI is InChI=1S/C14H16ClN3O2/c1-17-2-4-18(5-3-17)9-12-11(8-16)6-10(14(19)20)7-13(12)15/h6-7H,2-5,9H2,1H3,(H,19,20). The zero-order valence-corrected chi connectivity index (χ0v) is 12.0. The molecule has 0 aromatic heterocycles. The number of aromatic carboxylic acids is 1. The monoisotopic (exact) mass is 293 g/mol. The van der Waals surface area contributed by atoms with Crippen LogP contribution in [0.2, 0.25) is 5.02 Å². The van der Waals surface area contributed by atoms with E-state index >= 15 is 0 Å². The molecule has 1 heterocycles. The van der Waals surface area contributed by atoms with E-state index in [-0.39, 0.29) is 5.56 Å². The first-order valence-electron chi connectivity index (χ1n) is 6.38. The second-order valence-corrected chi connectivity index (χ2v) is 5.39. The number of benzene rings is 1. The summed E-state index contributed by atoms with van der Waals surface area (Å²) in [5, 5.41) is 18.5. The average Bonchev–Trinajstić information content (AvgIpc) is 2.42. The van der Waals surface area contributed by atoms with Crippen molar-refractivity contribution in [2.75, 3.05) is 33.2 Å². The Morgan fingerprint density at radius 2 is 2.05 bits per heavy atom. The molecule has 0 spiro atoms. The lowest BCUT2D eigenvalue weighted by atomic mass is 10.0. The summed E-state index contributed by atoms with van der Waals surface area (Å²) in [6.07, 6.45) is 0. The van der Waals surface area contributed by atoms with Gasteiger partial charge >= 0.3 is 5.97 Å². The Balaban J connectivity index is 2.23. The number of carbonyl (C=O) groups is 1. The third kappa shape index (κ3) is 3.28. The molecule has 0 radical (unpaired) electrons. The number of hydrogen-bond acceptors (Lipinski definition) is 4. The van der Waals surface area contributed by atoms with Gasteiger partial charge < -0.3 is 10.0 Å². The first kappa shape index (κ1) is 14.8. The van der Waals surface area contributed by atoms with Crippen LogP contribution in [0.3, 0.4) is 0 Å². The third-order valence-corrected chi connectivity index (χ3v) is 3.88. The summed E-state index contributed by atoms with van der Waals surface area (Å²) < 4.78 is 0. The van der Waals surface area contributed by atoms with Crippen molar-refractivity contribution in [2.45, 2.75) is 6.54 Å². The van der Waals surface area contributed by atoms with E-state index in [4.69, 9.17) is 16.7 Å². The van der Waals surface area contributed by atoms with E-state index in [1.807, 2.05) is 6.07 Å². The smallest absolute Gasteiger partial charge is 0.335 e. The first-order valence-corrected chi connectivity index (χ1v) is 6.75.